The fourth-order valence-corrected chi connectivity index (χ4v) is 10.3. The highest BCUT2D eigenvalue weighted by Crippen LogP contribution is 2.42. The standard InChI is InChI=1S/C52H33NS2/c1-2-11-35-28-39(23-22-34(35)10-1)36-12-7-15-42(29-36)53(43-16-8-13-37(30-43)40-24-26-51-47(32-40)45-18-3-5-20-49(45)54-51)44-17-9-14-38(31-44)41-25-27-52-48(33-41)46-19-4-6-21-50(46)55-52/h1-33H. The van der Waals surface area contributed by atoms with Gasteiger partial charge in [0.2, 0.25) is 0 Å². The van der Waals surface area contributed by atoms with E-state index >= 15 is 0 Å². The average molecular weight is 736 g/mol. The normalized spacial score (nSPS) is 11.6. The summed E-state index contributed by atoms with van der Waals surface area (Å²) in [6.07, 6.45) is 0. The largest absolute Gasteiger partial charge is 0.310 e. The van der Waals surface area contributed by atoms with Gasteiger partial charge in [-0.1, -0.05) is 121 Å². The number of thiophene rings is 2. The topological polar surface area (TPSA) is 3.24 Å². The van der Waals surface area contributed by atoms with E-state index in [9.17, 15) is 0 Å². The summed E-state index contributed by atoms with van der Waals surface area (Å²) in [5.41, 5.74) is 10.5. The molecule has 0 aliphatic carbocycles. The van der Waals surface area contributed by atoms with Crippen LogP contribution in [0.25, 0.3) is 84.5 Å². The molecule has 0 spiro atoms. The molecule has 9 aromatic carbocycles. The van der Waals surface area contributed by atoms with E-state index in [1.54, 1.807) is 0 Å². The molecule has 2 aromatic heterocycles. The fourth-order valence-electron chi connectivity index (χ4n) is 8.10. The molecule has 55 heavy (non-hydrogen) atoms. The maximum Gasteiger partial charge on any atom is 0.0467 e. The molecular formula is C52H33NS2. The van der Waals surface area contributed by atoms with Gasteiger partial charge in [0.25, 0.3) is 0 Å². The molecular weight excluding hydrogens is 703 g/mol. The van der Waals surface area contributed by atoms with Crippen LogP contribution in [-0.4, -0.2) is 0 Å². The van der Waals surface area contributed by atoms with Crippen molar-refractivity contribution in [1.29, 1.82) is 0 Å². The van der Waals surface area contributed by atoms with Gasteiger partial charge in [-0.15, -0.1) is 22.7 Å². The second kappa shape index (κ2) is 13.1. The van der Waals surface area contributed by atoms with Crippen LogP contribution < -0.4 is 4.90 Å². The second-order valence-electron chi connectivity index (χ2n) is 14.2. The van der Waals surface area contributed by atoms with E-state index < -0.39 is 0 Å². The van der Waals surface area contributed by atoms with Crippen molar-refractivity contribution in [2.45, 2.75) is 0 Å². The Kier molecular flexibility index (Phi) is 7.61. The van der Waals surface area contributed by atoms with Crippen LogP contribution in [0.2, 0.25) is 0 Å². The predicted octanol–water partition coefficient (Wildman–Crippen LogP) is 16.0. The summed E-state index contributed by atoms with van der Waals surface area (Å²) in [6, 6.07) is 73.6. The molecule has 0 unspecified atom stereocenters. The summed E-state index contributed by atoms with van der Waals surface area (Å²) >= 11 is 3.72. The minimum absolute atomic E-state index is 1.11. The number of hydrogen-bond acceptors (Lipinski definition) is 3. The van der Waals surface area contributed by atoms with Gasteiger partial charge in [0, 0.05) is 57.4 Å². The van der Waals surface area contributed by atoms with Crippen LogP contribution >= 0.6 is 22.7 Å². The molecule has 0 atom stereocenters. The van der Waals surface area contributed by atoms with Crippen LogP contribution in [0, 0.1) is 0 Å². The minimum Gasteiger partial charge on any atom is -0.310 e. The molecule has 0 saturated heterocycles. The third-order valence-electron chi connectivity index (χ3n) is 10.8. The molecule has 258 valence electrons. The van der Waals surface area contributed by atoms with Gasteiger partial charge in [0.05, 0.1) is 0 Å². The summed E-state index contributed by atoms with van der Waals surface area (Å²) < 4.78 is 5.29. The summed E-state index contributed by atoms with van der Waals surface area (Å²) in [5.74, 6) is 0. The van der Waals surface area contributed by atoms with Crippen LogP contribution in [-0.2, 0) is 0 Å². The highest BCUT2D eigenvalue weighted by molar-refractivity contribution is 7.26. The minimum atomic E-state index is 1.11. The Labute approximate surface area is 327 Å². The zero-order chi connectivity index (χ0) is 36.3. The van der Waals surface area contributed by atoms with Gasteiger partial charge in [-0.2, -0.15) is 0 Å². The van der Waals surface area contributed by atoms with E-state index in [0.29, 0.717) is 0 Å². The molecule has 1 nitrogen and oxygen atoms in total. The quantitative estimate of drug-likeness (QED) is 0.164. The Bertz CT molecular complexity index is 3080. The van der Waals surface area contributed by atoms with Gasteiger partial charge in [0.1, 0.15) is 0 Å². The van der Waals surface area contributed by atoms with Crippen LogP contribution in [0.3, 0.4) is 0 Å². The van der Waals surface area contributed by atoms with Crippen molar-refractivity contribution in [3.05, 3.63) is 200 Å². The zero-order valence-corrected chi connectivity index (χ0v) is 31.4. The fraction of sp³-hybridized carbons (Fsp3) is 0. The number of fused-ring (bicyclic) bond motifs is 7. The first-order chi connectivity index (χ1) is 27.2. The molecule has 0 aliphatic rings. The number of rotatable bonds is 6. The van der Waals surface area contributed by atoms with Crippen molar-refractivity contribution in [2.24, 2.45) is 0 Å². The van der Waals surface area contributed by atoms with Crippen LogP contribution in [0.5, 0.6) is 0 Å². The van der Waals surface area contributed by atoms with Gasteiger partial charge in [-0.25, -0.2) is 0 Å². The van der Waals surface area contributed by atoms with Crippen molar-refractivity contribution >= 4 is 90.9 Å². The molecule has 0 amide bonds. The number of anilines is 3. The Balaban J connectivity index is 1.06. The van der Waals surface area contributed by atoms with E-state index in [-0.39, 0.29) is 0 Å². The zero-order valence-electron chi connectivity index (χ0n) is 29.8. The number of hydrogen-bond donors (Lipinski definition) is 0. The van der Waals surface area contributed by atoms with E-state index in [4.69, 9.17) is 0 Å². The summed E-state index contributed by atoms with van der Waals surface area (Å²) in [7, 11) is 0. The Morgan fingerprint density at radius 3 is 1.18 bits per heavy atom. The molecule has 0 aliphatic heterocycles. The van der Waals surface area contributed by atoms with Gasteiger partial charge in [0.15, 0.2) is 0 Å². The van der Waals surface area contributed by atoms with E-state index in [0.717, 1.165) is 17.1 Å². The van der Waals surface area contributed by atoms with Crippen LogP contribution in [0.15, 0.2) is 200 Å². The first kappa shape index (κ1) is 32.0. The summed E-state index contributed by atoms with van der Waals surface area (Å²) in [6.45, 7) is 0. The molecule has 0 N–H and O–H groups in total. The highest BCUT2D eigenvalue weighted by atomic mass is 32.1. The van der Waals surface area contributed by atoms with Crippen LogP contribution in [0.4, 0.5) is 17.1 Å². The third kappa shape index (κ3) is 5.68. The molecule has 0 radical (unpaired) electrons. The molecule has 0 fully saturated rings. The molecule has 3 heteroatoms. The third-order valence-corrected chi connectivity index (χ3v) is 13.1. The molecule has 2 heterocycles. The smallest absolute Gasteiger partial charge is 0.0467 e. The first-order valence-electron chi connectivity index (χ1n) is 18.6. The van der Waals surface area contributed by atoms with Gasteiger partial charge in [-0.05, 0) is 123 Å². The maximum absolute atomic E-state index is 2.41. The van der Waals surface area contributed by atoms with Crippen LogP contribution in [0.1, 0.15) is 0 Å². The second-order valence-corrected chi connectivity index (χ2v) is 16.3. The molecule has 11 aromatic rings. The van der Waals surface area contributed by atoms with E-state index in [2.05, 4.69) is 205 Å². The van der Waals surface area contributed by atoms with Gasteiger partial charge < -0.3 is 4.90 Å². The Morgan fingerprint density at radius 1 is 0.255 bits per heavy atom. The average Bonchev–Trinajstić information content (AvgIpc) is 3.82. The van der Waals surface area contributed by atoms with Crippen molar-refractivity contribution in [2.75, 3.05) is 4.90 Å². The summed E-state index contributed by atoms with van der Waals surface area (Å²) in [4.78, 5) is 2.41. The van der Waals surface area contributed by atoms with E-state index in [1.165, 1.54) is 84.5 Å². The monoisotopic (exact) mass is 735 g/mol. The molecule has 0 saturated carbocycles. The van der Waals surface area contributed by atoms with Crippen molar-refractivity contribution in [3.8, 4) is 33.4 Å². The Hall–Kier alpha value is -6.52. The number of benzene rings is 9. The SMILES string of the molecule is c1cc(-c2ccc3ccccc3c2)cc(N(c2cccc(-c3ccc4sc5ccccc5c4c3)c2)c2cccc(-c3ccc4sc5ccccc5c4c3)c2)c1. The van der Waals surface area contributed by atoms with Gasteiger partial charge in [-0.3, -0.25) is 0 Å². The van der Waals surface area contributed by atoms with Crippen molar-refractivity contribution in [1.82, 2.24) is 0 Å². The van der Waals surface area contributed by atoms with E-state index in [1.807, 2.05) is 22.7 Å². The van der Waals surface area contributed by atoms with Gasteiger partial charge >= 0.3 is 0 Å². The lowest BCUT2D eigenvalue weighted by Gasteiger charge is -2.27. The van der Waals surface area contributed by atoms with Crippen molar-refractivity contribution < 1.29 is 0 Å². The first-order valence-corrected chi connectivity index (χ1v) is 20.3. The lowest BCUT2D eigenvalue weighted by atomic mass is 9.99. The maximum atomic E-state index is 2.41. The lowest BCUT2D eigenvalue weighted by molar-refractivity contribution is 1.28. The molecule has 11 rings (SSSR count). The highest BCUT2D eigenvalue weighted by Gasteiger charge is 2.17. The lowest BCUT2D eigenvalue weighted by Crippen LogP contribution is -2.10. The number of nitrogens with zero attached hydrogens (tertiary/aromatic N) is 1. The molecule has 0 bridgehead atoms. The summed E-state index contributed by atoms with van der Waals surface area (Å²) in [5, 5.41) is 7.75. The predicted molar refractivity (Wildman–Crippen MR) is 241 cm³/mol. The van der Waals surface area contributed by atoms with Crippen molar-refractivity contribution in [3.63, 3.8) is 0 Å². The Morgan fingerprint density at radius 2 is 0.655 bits per heavy atom.